The van der Waals surface area contributed by atoms with Crippen LogP contribution in [-0.2, 0) is 13.5 Å². The van der Waals surface area contributed by atoms with Gasteiger partial charge in [0, 0.05) is 19.3 Å². The summed E-state index contributed by atoms with van der Waals surface area (Å²) in [5.74, 6) is 1.75. The van der Waals surface area contributed by atoms with Crippen LogP contribution < -0.4 is 0 Å². The number of hydrogen-bond acceptors (Lipinski definition) is 3. The third-order valence-corrected chi connectivity index (χ3v) is 5.15. The van der Waals surface area contributed by atoms with E-state index in [0.29, 0.717) is 5.88 Å². The van der Waals surface area contributed by atoms with E-state index in [-0.39, 0.29) is 0 Å². The molecule has 0 radical (unpaired) electrons. The van der Waals surface area contributed by atoms with Gasteiger partial charge >= 0.3 is 0 Å². The molecule has 0 aliphatic heterocycles. The molecule has 0 spiro atoms. The molecule has 3 nitrogen and oxygen atoms in total. The first-order chi connectivity index (χ1) is 9.11. The molecule has 0 fully saturated rings. The first-order valence-corrected chi connectivity index (χ1v) is 8.23. The number of fused-ring (bicyclic) bond motifs is 3. The molecule has 6 heteroatoms. The summed E-state index contributed by atoms with van der Waals surface area (Å²) in [6.07, 6.45) is 1.85. The highest BCUT2D eigenvalue weighted by Crippen LogP contribution is 2.35. The predicted molar refractivity (Wildman–Crippen MR) is 85.4 cm³/mol. The quantitative estimate of drug-likeness (QED) is 0.649. The van der Waals surface area contributed by atoms with E-state index in [0.717, 1.165) is 39.2 Å². The summed E-state index contributed by atoms with van der Waals surface area (Å²) in [6.45, 7) is 2.02. The first kappa shape index (κ1) is 13.3. The van der Waals surface area contributed by atoms with Crippen molar-refractivity contribution < 1.29 is 0 Å². The van der Waals surface area contributed by atoms with Gasteiger partial charge in [-0.05, 0) is 35.3 Å². The Labute approximate surface area is 128 Å². The van der Waals surface area contributed by atoms with Crippen LogP contribution in [0.1, 0.15) is 17.9 Å². The number of aryl methyl sites for hydroxylation is 3. The summed E-state index contributed by atoms with van der Waals surface area (Å²) >= 11 is 11.0. The number of alkyl halides is 1. The average molecular weight is 359 g/mol. The molecule has 0 saturated carbocycles. The lowest BCUT2D eigenvalue weighted by Gasteiger charge is -2.01. The zero-order valence-corrected chi connectivity index (χ0v) is 13.9. The van der Waals surface area contributed by atoms with Crippen molar-refractivity contribution in [2.24, 2.45) is 7.05 Å². The molecule has 3 aromatic rings. The van der Waals surface area contributed by atoms with Crippen molar-refractivity contribution in [1.82, 2.24) is 14.5 Å². The summed E-state index contributed by atoms with van der Waals surface area (Å²) in [5, 5.41) is 0. The molecule has 0 N–H and O–H groups in total. The topological polar surface area (TPSA) is 30.7 Å². The normalized spacial score (nSPS) is 11.8. The van der Waals surface area contributed by atoms with E-state index in [2.05, 4.69) is 38.6 Å². The Balaban J connectivity index is 2.32. The van der Waals surface area contributed by atoms with Gasteiger partial charge in [-0.2, -0.15) is 0 Å². The third kappa shape index (κ3) is 2.18. The fourth-order valence-electron chi connectivity index (χ4n) is 2.34. The third-order valence-electron chi connectivity index (χ3n) is 3.25. The van der Waals surface area contributed by atoms with Crippen molar-refractivity contribution in [1.29, 1.82) is 0 Å². The first-order valence-electron chi connectivity index (χ1n) is 6.08. The SMILES string of the molecule is Cc1nc2cc(Br)sc2c2c1nc(CCCCl)n2C. The van der Waals surface area contributed by atoms with Gasteiger partial charge in [0.25, 0.3) is 0 Å². The standard InChI is InChI=1S/C13H13BrClN3S/c1-7-11-12(13-8(16-7)6-9(14)19-13)18(2)10(17-11)4-3-5-15/h6H,3-5H2,1-2H3. The van der Waals surface area contributed by atoms with Gasteiger partial charge in [-0.15, -0.1) is 22.9 Å². The summed E-state index contributed by atoms with van der Waals surface area (Å²) < 4.78 is 4.48. The lowest BCUT2D eigenvalue weighted by molar-refractivity contribution is 0.776. The van der Waals surface area contributed by atoms with Gasteiger partial charge in [-0.3, -0.25) is 0 Å². The van der Waals surface area contributed by atoms with Gasteiger partial charge in [0.2, 0.25) is 0 Å². The van der Waals surface area contributed by atoms with E-state index in [9.17, 15) is 0 Å². The minimum atomic E-state index is 0.667. The zero-order chi connectivity index (χ0) is 13.6. The van der Waals surface area contributed by atoms with E-state index in [1.807, 2.05) is 6.92 Å². The number of hydrogen-bond donors (Lipinski definition) is 0. The number of halogens is 2. The monoisotopic (exact) mass is 357 g/mol. The molecule has 0 atom stereocenters. The average Bonchev–Trinajstić information content (AvgIpc) is 2.88. The summed E-state index contributed by atoms with van der Waals surface area (Å²) in [5.41, 5.74) is 4.21. The molecule has 0 unspecified atom stereocenters. The Kier molecular flexibility index (Phi) is 3.53. The van der Waals surface area contributed by atoms with E-state index in [4.69, 9.17) is 16.6 Å². The molecular weight excluding hydrogens is 346 g/mol. The molecule has 0 aromatic carbocycles. The molecule has 3 aromatic heterocycles. The zero-order valence-electron chi connectivity index (χ0n) is 10.7. The van der Waals surface area contributed by atoms with Crippen LogP contribution in [0.15, 0.2) is 9.85 Å². The van der Waals surface area contributed by atoms with Crippen LogP contribution in [0.2, 0.25) is 0 Å². The van der Waals surface area contributed by atoms with Crippen molar-refractivity contribution in [2.75, 3.05) is 5.88 Å². The van der Waals surface area contributed by atoms with Crippen LogP contribution in [0, 0.1) is 6.92 Å². The Bertz CT molecular complexity index is 762. The van der Waals surface area contributed by atoms with Crippen molar-refractivity contribution >= 4 is 60.1 Å². The minimum Gasteiger partial charge on any atom is -0.330 e. The van der Waals surface area contributed by atoms with Crippen molar-refractivity contribution in [3.8, 4) is 0 Å². The van der Waals surface area contributed by atoms with Crippen LogP contribution in [0.25, 0.3) is 21.3 Å². The Morgan fingerprint density at radius 3 is 2.95 bits per heavy atom. The van der Waals surface area contributed by atoms with Crippen LogP contribution in [0.5, 0.6) is 0 Å². The molecule has 0 aliphatic carbocycles. The fourth-order valence-corrected chi connectivity index (χ4v) is 4.09. The van der Waals surface area contributed by atoms with Crippen molar-refractivity contribution in [3.05, 3.63) is 21.4 Å². The maximum atomic E-state index is 5.78. The second-order valence-corrected chi connectivity index (χ2v) is 7.35. The van der Waals surface area contributed by atoms with Crippen LogP contribution in [-0.4, -0.2) is 20.4 Å². The van der Waals surface area contributed by atoms with E-state index < -0.39 is 0 Å². The van der Waals surface area contributed by atoms with Gasteiger partial charge < -0.3 is 4.57 Å². The molecule has 0 saturated heterocycles. The molecule has 0 aliphatic rings. The van der Waals surface area contributed by atoms with E-state index in [1.165, 1.54) is 10.2 Å². The van der Waals surface area contributed by atoms with Crippen molar-refractivity contribution in [3.63, 3.8) is 0 Å². The molecule has 3 heterocycles. The Morgan fingerprint density at radius 2 is 2.21 bits per heavy atom. The van der Waals surface area contributed by atoms with Gasteiger partial charge in [-0.1, -0.05) is 0 Å². The highest BCUT2D eigenvalue weighted by atomic mass is 79.9. The highest BCUT2D eigenvalue weighted by molar-refractivity contribution is 9.11. The molecular formula is C13H13BrClN3S. The van der Waals surface area contributed by atoms with Gasteiger partial charge in [0.05, 0.1) is 25.2 Å². The summed E-state index contributed by atoms with van der Waals surface area (Å²) in [7, 11) is 2.07. The summed E-state index contributed by atoms with van der Waals surface area (Å²) in [6, 6.07) is 2.07. The van der Waals surface area contributed by atoms with Crippen LogP contribution >= 0.6 is 38.9 Å². The number of pyridine rings is 1. The number of imidazole rings is 1. The Hall–Kier alpha value is -0.650. The maximum Gasteiger partial charge on any atom is 0.111 e. The van der Waals surface area contributed by atoms with Crippen molar-refractivity contribution in [2.45, 2.75) is 19.8 Å². The number of nitrogens with zero attached hydrogens (tertiary/aromatic N) is 3. The number of aromatic nitrogens is 3. The summed E-state index contributed by atoms with van der Waals surface area (Å²) in [4.78, 5) is 9.38. The molecule has 0 amide bonds. The largest absolute Gasteiger partial charge is 0.330 e. The van der Waals surface area contributed by atoms with Crippen LogP contribution in [0.4, 0.5) is 0 Å². The van der Waals surface area contributed by atoms with Crippen LogP contribution in [0.3, 0.4) is 0 Å². The Morgan fingerprint density at radius 1 is 1.42 bits per heavy atom. The lowest BCUT2D eigenvalue weighted by Crippen LogP contribution is -1.98. The second kappa shape index (κ2) is 5.04. The number of thiophene rings is 1. The van der Waals surface area contributed by atoms with E-state index >= 15 is 0 Å². The van der Waals surface area contributed by atoms with E-state index in [1.54, 1.807) is 11.3 Å². The molecule has 100 valence electrons. The smallest absolute Gasteiger partial charge is 0.111 e. The van der Waals surface area contributed by atoms with Gasteiger partial charge in [0.1, 0.15) is 11.3 Å². The van der Waals surface area contributed by atoms with Gasteiger partial charge in [0.15, 0.2) is 0 Å². The highest BCUT2D eigenvalue weighted by Gasteiger charge is 2.16. The minimum absolute atomic E-state index is 0.667. The molecule has 0 bridgehead atoms. The lowest BCUT2D eigenvalue weighted by atomic mass is 10.3. The second-order valence-electron chi connectivity index (χ2n) is 4.54. The molecule has 3 rings (SSSR count). The maximum absolute atomic E-state index is 5.78. The molecule has 19 heavy (non-hydrogen) atoms. The fraction of sp³-hybridized carbons (Fsp3) is 0.385. The predicted octanol–water partition coefficient (Wildman–Crippen LogP) is 4.43. The van der Waals surface area contributed by atoms with Gasteiger partial charge in [-0.25, -0.2) is 9.97 Å². The number of rotatable bonds is 3.